The van der Waals surface area contributed by atoms with Gasteiger partial charge in [0, 0.05) is 35.4 Å². The molecule has 1 fully saturated rings. The first-order chi connectivity index (χ1) is 24.0. The van der Waals surface area contributed by atoms with Gasteiger partial charge >= 0.3 is 18.1 Å². The molecule has 5 rings (SSSR count). The maximum atomic E-state index is 13.1. The number of nitrogens with one attached hydrogen (secondary N) is 3. The molecule has 12 heteroatoms. The van der Waals surface area contributed by atoms with Crippen LogP contribution in [-0.2, 0) is 14.3 Å². The number of carbonyl (C=O) groups is 3. The van der Waals surface area contributed by atoms with Crippen LogP contribution in [-0.4, -0.2) is 54.5 Å². The number of hydrogen-bond donors (Lipinski definition) is 3. The third kappa shape index (κ3) is 10.2. The highest BCUT2D eigenvalue weighted by Gasteiger charge is 2.29. The lowest BCUT2D eigenvalue weighted by Crippen LogP contribution is -2.45. The summed E-state index contributed by atoms with van der Waals surface area (Å²) in [7, 11) is 1.53. The molecule has 0 bridgehead atoms. The first kappa shape index (κ1) is 35.8. The lowest BCUT2D eigenvalue weighted by molar-refractivity contribution is -0.151. The first-order valence-corrected chi connectivity index (χ1v) is 16.7. The Morgan fingerprint density at radius 1 is 0.880 bits per heavy atom. The molecule has 3 N–H and O–H groups in total. The van der Waals surface area contributed by atoms with Crippen molar-refractivity contribution in [2.24, 2.45) is 0 Å². The number of esters is 1. The predicted octanol–water partition coefficient (Wildman–Crippen LogP) is 8.14. The number of nitrogens with zero attached hydrogens (tertiary/aromatic N) is 1. The van der Waals surface area contributed by atoms with Gasteiger partial charge in [0.2, 0.25) is 0 Å². The van der Waals surface area contributed by atoms with E-state index >= 15 is 0 Å². The summed E-state index contributed by atoms with van der Waals surface area (Å²) in [5, 5.41) is 8.95. The fraction of sp³-hybridized carbons (Fsp3) is 0.368. The standard InChI is InChI=1S/C38H44N4O8/c1-24-10-12-25(13-11-24)40-36(44)41-26-14-16-28(17-15-26)48-32-18-20-39-31-23-34(33(46-5)22-29(31)32)47-21-19-30(42-37(45)50-38(2,3)4)35(43)49-27-8-6-7-9-27/h10-18,20,22-23,27,30H,6-9,19,21H2,1-5H3,(H,42,45)(H2,40,41,44)/t30-/m0/s1. The normalized spacial score (nSPS) is 13.6. The van der Waals surface area contributed by atoms with Crippen LogP contribution in [0.2, 0.25) is 0 Å². The van der Waals surface area contributed by atoms with Crippen LogP contribution in [0.1, 0.15) is 58.4 Å². The Hall–Kier alpha value is -5.52. The maximum absolute atomic E-state index is 13.1. The minimum atomic E-state index is -0.959. The fourth-order valence-electron chi connectivity index (χ4n) is 5.39. The molecule has 3 amide bonds. The van der Waals surface area contributed by atoms with E-state index in [1.165, 1.54) is 7.11 Å². The number of rotatable bonds is 12. The van der Waals surface area contributed by atoms with Crippen molar-refractivity contribution in [3.63, 3.8) is 0 Å². The van der Waals surface area contributed by atoms with Gasteiger partial charge in [-0.25, -0.2) is 14.4 Å². The van der Waals surface area contributed by atoms with Crippen LogP contribution >= 0.6 is 0 Å². The SMILES string of the molecule is COc1cc2c(Oc3ccc(NC(=O)Nc4ccc(C)cc4)cc3)ccnc2cc1OCC[C@H](NC(=O)OC(C)(C)C)C(=O)OC1CCCC1. The number of anilines is 2. The van der Waals surface area contributed by atoms with E-state index in [-0.39, 0.29) is 25.2 Å². The molecule has 1 heterocycles. The zero-order valence-electron chi connectivity index (χ0n) is 29.0. The van der Waals surface area contributed by atoms with Crippen molar-refractivity contribution < 1.29 is 38.1 Å². The van der Waals surface area contributed by atoms with Crippen molar-refractivity contribution in [3.8, 4) is 23.0 Å². The molecular formula is C38H44N4O8. The number of aromatic nitrogens is 1. The van der Waals surface area contributed by atoms with Gasteiger partial charge in [0.1, 0.15) is 29.2 Å². The Labute approximate surface area is 291 Å². The number of ether oxygens (including phenoxy) is 5. The van der Waals surface area contributed by atoms with Crippen molar-refractivity contribution >= 4 is 40.4 Å². The van der Waals surface area contributed by atoms with E-state index in [2.05, 4.69) is 20.9 Å². The van der Waals surface area contributed by atoms with E-state index in [4.69, 9.17) is 23.7 Å². The number of carbonyl (C=O) groups excluding carboxylic acids is 3. The summed E-state index contributed by atoms with van der Waals surface area (Å²) in [5.74, 6) is 1.40. The predicted molar refractivity (Wildman–Crippen MR) is 190 cm³/mol. The maximum Gasteiger partial charge on any atom is 0.408 e. The Morgan fingerprint density at radius 2 is 1.54 bits per heavy atom. The molecule has 1 aliphatic rings. The van der Waals surface area contributed by atoms with Crippen molar-refractivity contribution in [2.75, 3.05) is 24.4 Å². The summed E-state index contributed by atoms with van der Waals surface area (Å²) in [5.41, 5.74) is 2.26. The lowest BCUT2D eigenvalue weighted by Gasteiger charge is -2.24. The van der Waals surface area contributed by atoms with E-state index in [9.17, 15) is 14.4 Å². The third-order valence-electron chi connectivity index (χ3n) is 7.86. The molecule has 50 heavy (non-hydrogen) atoms. The minimum absolute atomic E-state index is 0.0711. The molecule has 1 saturated carbocycles. The largest absolute Gasteiger partial charge is 0.493 e. The molecule has 3 aromatic carbocycles. The number of urea groups is 1. The summed E-state index contributed by atoms with van der Waals surface area (Å²) < 4.78 is 29.0. The van der Waals surface area contributed by atoms with Crippen molar-refractivity contribution in [2.45, 2.75) is 77.5 Å². The van der Waals surface area contributed by atoms with Gasteiger partial charge in [0.05, 0.1) is 19.2 Å². The second-order valence-electron chi connectivity index (χ2n) is 13.1. The number of amides is 3. The number of alkyl carbamates (subject to hydrolysis) is 1. The van der Waals surface area contributed by atoms with Gasteiger partial charge in [-0.3, -0.25) is 4.98 Å². The fourth-order valence-corrected chi connectivity index (χ4v) is 5.39. The number of methoxy groups -OCH3 is 1. The Balaban J connectivity index is 1.23. The van der Waals surface area contributed by atoms with E-state index in [0.29, 0.717) is 45.3 Å². The molecule has 264 valence electrons. The minimum Gasteiger partial charge on any atom is -0.493 e. The Kier molecular flexibility index (Phi) is 11.6. The van der Waals surface area contributed by atoms with Gasteiger partial charge in [-0.2, -0.15) is 0 Å². The van der Waals surface area contributed by atoms with E-state index in [1.807, 2.05) is 31.2 Å². The van der Waals surface area contributed by atoms with Crippen LogP contribution in [0.3, 0.4) is 0 Å². The van der Waals surface area contributed by atoms with Crippen molar-refractivity contribution in [1.29, 1.82) is 0 Å². The van der Waals surface area contributed by atoms with Gasteiger partial charge in [-0.15, -0.1) is 0 Å². The summed E-state index contributed by atoms with van der Waals surface area (Å²) in [6.07, 6.45) is 4.54. The monoisotopic (exact) mass is 684 g/mol. The molecule has 12 nitrogen and oxygen atoms in total. The molecule has 4 aromatic rings. The van der Waals surface area contributed by atoms with Gasteiger partial charge in [0.15, 0.2) is 11.5 Å². The zero-order valence-corrected chi connectivity index (χ0v) is 29.0. The number of benzene rings is 3. The molecule has 0 aliphatic heterocycles. The third-order valence-corrected chi connectivity index (χ3v) is 7.86. The van der Waals surface area contributed by atoms with E-state index in [0.717, 1.165) is 31.2 Å². The quantitative estimate of drug-likeness (QED) is 0.126. The summed E-state index contributed by atoms with van der Waals surface area (Å²) in [6, 6.07) is 18.5. The summed E-state index contributed by atoms with van der Waals surface area (Å²) in [4.78, 5) is 42.5. The van der Waals surface area contributed by atoms with E-state index in [1.54, 1.807) is 69.4 Å². The number of hydrogen-bond acceptors (Lipinski definition) is 9. The van der Waals surface area contributed by atoms with Gasteiger partial charge in [-0.1, -0.05) is 17.7 Å². The van der Waals surface area contributed by atoms with Crippen LogP contribution < -0.4 is 30.2 Å². The molecule has 0 unspecified atom stereocenters. The second kappa shape index (κ2) is 16.3. The average molecular weight is 685 g/mol. The first-order valence-electron chi connectivity index (χ1n) is 16.7. The highest BCUT2D eigenvalue weighted by molar-refractivity contribution is 5.99. The Morgan fingerprint density at radius 3 is 2.18 bits per heavy atom. The summed E-state index contributed by atoms with van der Waals surface area (Å²) in [6.45, 7) is 7.31. The molecule has 1 atom stereocenters. The van der Waals surface area contributed by atoms with Crippen molar-refractivity contribution in [1.82, 2.24) is 10.3 Å². The van der Waals surface area contributed by atoms with Gasteiger partial charge in [0.25, 0.3) is 0 Å². The number of fused-ring (bicyclic) bond motifs is 1. The Bertz CT molecular complexity index is 1780. The second-order valence-corrected chi connectivity index (χ2v) is 13.1. The smallest absolute Gasteiger partial charge is 0.408 e. The van der Waals surface area contributed by atoms with Crippen LogP contribution in [0.25, 0.3) is 10.9 Å². The van der Waals surface area contributed by atoms with E-state index < -0.39 is 23.7 Å². The lowest BCUT2D eigenvalue weighted by atomic mass is 10.1. The van der Waals surface area contributed by atoms with Crippen LogP contribution in [0.5, 0.6) is 23.0 Å². The summed E-state index contributed by atoms with van der Waals surface area (Å²) >= 11 is 0. The van der Waals surface area contributed by atoms with Crippen LogP contribution in [0.4, 0.5) is 21.0 Å². The molecule has 1 aromatic heterocycles. The topological polar surface area (TPSA) is 146 Å². The highest BCUT2D eigenvalue weighted by Crippen LogP contribution is 2.37. The molecule has 0 saturated heterocycles. The number of pyridine rings is 1. The molecule has 0 radical (unpaired) electrons. The van der Waals surface area contributed by atoms with Gasteiger partial charge < -0.3 is 39.6 Å². The van der Waals surface area contributed by atoms with Crippen LogP contribution in [0.15, 0.2) is 72.9 Å². The van der Waals surface area contributed by atoms with Crippen molar-refractivity contribution in [3.05, 3.63) is 78.5 Å². The molecule has 1 aliphatic carbocycles. The number of aryl methyl sites for hydroxylation is 1. The highest BCUT2D eigenvalue weighted by atomic mass is 16.6. The van der Waals surface area contributed by atoms with Gasteiger partial charge in [-0.05, 0) is 102 Å². The average Bonchev–Trinajstić information content (AvgIpc) is 3.58. The molecular weight excluding hydrogens is 640 g/mol. The molecule has 0 spiro atoms. The zero-order chi connectivity index (χ0) is 35.7. The van der Waals surface area contributed by atoms with Crippen LogP contribution in [0, 0.1) is 6.92 Å².